The van der Waals surface area contributed by atoms with Crippen LogP contribution in [0.2, 0.25) is 0 Å². The van der Waals surface area contributed by atoms with Crippen LogP contribution < -0.4 is 15.2 Å². The van der Waals surface area contributed by atoms with Gasteiger partial charge in [0.1, 0.15) is 0 Å². The number of hydrogen-bond acceptors (Lipinski definition) is 4. The van der Waals surface area contributed by atoms with Crippen molar-refractivity contribution in [3.8, 4) is 11.5 Å². The van der Waals surface area contributed by atoms with Gasteiger partial charge in [-0.15, -0.1) is 0 Å². The van der Waals surface area contributed by atoms with E-state index in [4.69, 9.17) is 15.2 Å². The van der Waals surface area contributed by atoms with Gasteiger partial charge in [0.05, 0.1) is 14.2 Å². The number of carbonyl (C=O) groups is 1. The number of ether oxygens (including phenoxy) is 2. The van der Waals surface area contributed by atoms with Crippen LogP contribution in [0, 0.1) is 0 Å². The summed E-state index contributed by atoms with van der Waals surface area (Å²) in [5.41, 5.74) is 9.79. The fourth-order valence-electron chi connectivity index (χ4n) is 3.63. The van der Waals surface area contributed by atoms with E-state index in [1.54, 1.807) is 26.4 Å². The largest absolute Gasteiger partial charge is 0.493 e. The first-order valence-corrected chi connectivity index (χ1v) is 9.45. The third-order valence-corrected chi connectivity index (χ3v) is 5.23. The first kappa shape index (κ1) is 19.2. The van der Waals surface area contributed by atoms with E-state index in [0.29, 0.717) is 5.56 Å². The number of hydrogen-bond donors (Lipinski definition) is 1. The van der Waals surface area contributed by atoms with Crippen molar-refractivity contribution in [3.63, 3.8) is 0 Å². The fourth-order valence-corrected chi connectivity index (χ4v) is 3.63. The molecule has 0 atom stereocenters. The number of methoxy groups -OCH3 is 2. The quantitative estimate of drug-likeness (QED) is 0.727. The molecule has 1 aliphatic heterocycles. The average Bonchev–Trinajstić information content (AvgIpc) is 2.70. The third kappa shape index (κ3) is 4.80. The molecule has 144 valence electrons. The molecule has 0 saturated heterocycles. The van der Waals surface area contributed by atoms with Gasteiger partial charge in [0, 0.05) is 18.7 Å². The van der Waals surface area contributed by atoms with Crippen LogP contribution in [0.4, 0.5) is 0 Å². The van der Waals surface area contributed by atoms with Crippen molar-refractivity contribution in [2.75, 3.05) is 27.3 Å². The summed E-state index contributed by atoms with van der Waals surface area (Å²) in [7, 11) is 3.36. The first-order chi connectivity index (χ1) is 13.1. The van der Waals surface area contributed by atoms with Crippen LogP contribution in [0.1, 0.15) is 39.9 Å². The minimum Gasteiger partial charge on any atom is -0.493 e. The molecule has 0 unspecified atom stereocenters. The summed E-state index contributed by atoms with van der Waals surface area (Å²) in [6.45, 7) is 3.13. The Morgan fingerprint density at radius 1 is 1.04 bits per heavy atom. The Labute approximate surface area is 161 Å². The number of nitrogens with zero attached hydrogens (tertiary/aromatic N) is 1. The highest BCUT2D eigenvalue weighted by atomic mass is 16.5. The summed E-state index contributed by atoms with van der Waals surface area (Å²) in [4.78, 5) is 13.6. The number of rotatable bonds is 8. The maximum absolute atomic E-state index is 11.1. The maximum atomic E-state index is 11.1. The Hall–Kier alpha value is -2.53. The van der Waals surface area contributed by atoms with E-state index in [1.807, 2.05) is 12.1 Å². The molecular formula is C22H28N2O3. The Bertz CT molecular complexity index is 787. The second-order valence-electron chi connectivity index (χ2n) is 7.02. The van der Waals surface area contributed by atoms with Gasteiger partial charge in [0.25, 0.3) is 0 Å². The zero-order valence-electron chi connectivity index (χ0n) is 16.2. The molecule has 0 fully saturated rings. The van der Waals surface area contributed by atoms with Crippen LogP contribution in [0.5, 0.6) is 11.5 Å². The lowest BCUT2D eigenvalue weighted by atomic mass is 9.98. The van der Waals surface area contributed by atoms with Gasteiger partial charge in [-0.3, -0.25) is 9.69 Å². The molecule has 2 N–H and O–H groups in total. The average molecular weight is 368 g/mol. The molecule has 5 heteroatoms. The van der Waals surface area contributed by atoms with Crippen LogP contribution in [-0.4, -0.2) is 38.1 Å². The van der Waals surface area contributed by atoms with Crippen molar-refractivity contribution in [1.29, 1.82) is 0 Å². The van der Waals surface area contributed by atoms with Gasteiger partial charge in [0.15, 0.2) is 11.5 Å². The fraction of sp³-hybridized carbons (Fsp3) is 0.409. The third-order valence-electron chi connectivity index (χ3n) is 5.23. The van der Waals surface area contributed by atoms with Crippen LogP contribution >= 0.6 is 0 Å². The van der Waals surface area contributed by atoms with Gasteiger partial charge in [-0.2, -0.15) is 0 Å². The second kappa shape index (κ2) is 8.91. The van der Waals surface area contributed by atoms with E-state index in [1.165, 1.54) is 16.7 Å². The summed E-state index contributed by atoms with van der Waals surface area (Å²) in [5.74, 6) is 1.24. The normalized spacial score (nSPS) is 13.9. The molecule has 2 aromatic carbocycles. The van der Waals surface area contributed by atoms with Crippen molar-refractivity contribution in [3.05, 3.63) is 58.7 Å². The molecule has 2 aromatic rings. The molecule has 0 saturated carbocycles. The summed E-state index contributed by atoms with van der Waals surface area (Å²) in [5, 5.41) is 0. The molecule has 27 heavy (non-hydrogen) atoms. The zero-order chi connectivity index (χ0) is 19.2. The smallest absolute Gasteiger partial charge is 0.248 e. The molecule has 3 rings (SSSR count). The minimum absolute atomic E-state index is 0.374. The summed E-state index contributed by atoms with van der Waals surface area (Å²) < 4.78 is 10.8. The number of carbonyl (C=O) groups excluding carboxylic acids is 1. The van der Waals surface area contributed by atoms with Crippen LogP contribution in [0.25, 0.3) is 0 Å². The Morgan fingerprint density at radius 3 is 2.33 bits per heavy atom. The van der Waals surface area contributed by atoms with Gasteiger partial charge < -0.3 is 15.2 Å². The number of unbranched alkanes of at least 4 members (excludes halogenated alkanes) is 1. The lowest BCUT2D eigenvalue weighted by molar-refractivity contribution is 0.100. The Balaban J connectivity index is 1.48. The summed E-state index contributed by atoms with van der Waals surface area (Å²) >= 11 is 0. The predicted octanol–water partition coefficient (Wildman–Crippen LogP) is 3.18. The molecule has 1 aliphatic rings. The van der Waals surface area contributed by atoms with Crippen LogP contribution in [0.15, 0.2) is 36.4 Å². The van der Waals surface area contributed by atoms with Crippen molar-refractivity contribution in [2.45, 2.75) is 32.2 Å². The second-order valence-corrected chi connectivity index (χ2v) is 7.02. The topological polar surface area (TPSA) is 64.8 Å². The molecule has 1 heterocycles. The molecule has 1 amide bonds. The van der Waals surface area contributed by atoms with Crippen molar-refractivity contribution in [1.82, 2.24) is 4.90 Å². The van der Waals surface area contributed by atoms with Crippen molar-refractivity contribution < 1.29 is 14.3 Å². The van der Waals surface area contributed by atoms with E-state index in [0.717, 1.165) is 56.8 Å². The van der Waals surface area contributed by atoms with Gasteiger partial charge in [-0.05, 0) is 73.2 Å². The van der Waals surface area contributed by atoms with Crippen LogP contribution in [-0.2, 0) is 19.4 Å². The molecule has 0 radical (unpaired) electrons. The van der Waals surface area contributed by atoms with Crippen LogP contribution in [0.3, 0.4) is 0 Å². The first-order valence-electron chi connectivity index (χ1n) is 9.45. The monoisotopic (exact) mass is 368 g/mol. The SMILES string of the molecule is COc1cc2c(cc1OC)CN(CCCCc1ccc(C(N)=O)cc1)CC2. The van der Waals surface area contributed by atoms with Gasteiger partial charge in [-0.25, -0.2) is 0 Å². The predicted molar refractivity (Wildman–Crippen MR) is 106 cm³/mol. The standard InChI is InChI=1S/C22H28N2O3/c1-26-20-13-18-10-12-24(15-19(18)14-21(20)27-2)11-4-3-5-16-6-8-17(9-7-16)22(23)25/h6-9,13-14H,3-5,10-12,15H2,1-2H3,(H2,23,25). The molecule has 5 nitrogen and oxygen atoms in total. The lowest BCUT2D eigenvalue weighted by Gasteiger charge is -2.29. The van der Waals surface area contributed by atoms with E-state index in [-0.39, 0.29) is 5.91 Å². The number of nitrogens with two attached hydrogens (primary N) is 1. The van der Waals surface area contributed by atoms with Crippen molar-refractivity contribution in [2.24, 2.45) is 5.73 Å². The zero-order valence-corrected chi connectivity index (χ0v) is 16.2. The number of primary amides is 1. The number of fused-ring (bicyclic) bond motifs is 1. The number of benzene rings is 2. The van der Waals surface area contributed by atoms with E-state index >= 15 is 0 Å². The molecular weight excluding hydrogens is 340 g/mol. The van der Waals surface area contributed by atoms with E-state index in [9.17, 15) is 4.79 Å². The van der Waals surface area contributed by atoms with Gasteiger partial charge >= 0.3 is 0 Å². The molecule has 0 aliphatic carbocycles. The summed E-state index contributed by atoms with van der Waals surface area (Å²) in [6.07, 6.45) is 4.35. The summed E-state index contributed by atoms with van der Waals surface area (Å²) in [6, 6.07) is 11.8. The Morgan fingerprint density at radius 2 is 1.70 bits per heavy atom. The van der Waals surface area contributed by atoms with Crippen molar-refractivity contribution >= 4 is 5.91 Å². The highest BCUT2D eigenvalue weighted by Crippen LogP contribution is 2.33. The van der Waals surface area contributed by atoms with E-state index in [2.05, 4.69) is 17.0 Å². The minimum atomic E-state index is -0.374. The highest BCUT2D eigenvalue weighted by molar-refractivity contribution is 5.92. The van der Waals surface area contributed by atoms with Gasteiger partial charge in [-0.1, -0.05) is 12.1 Å². The highest BCUT2D eigenvalue weighted by Gasteiger charge is 2.19. The molecule has 0 spiro atoms. The van der Waals surface area contributed by atoms with E-state index < -0.39 is 0 Å². The Kier molecular flexibility index (Phi) is 6.35. The molecule has 0 bridgehead atoms. The maximum Gasteiger partial charge on any atom is 0.248 e. The number of amides is 1. The molecule has 0 aromatic heterocycles. The lowest BCUT2D eigenvalue weighted by Crippen LogP contribution is -2.31. The number of aryl methyl sites for hydroxylation is 1. The van der Waals surface area contributed by atoms with Gasteiger partial charge in [0.2, 0.25) is 5.91 Å².